The summed E-state index contributed by atoms with van der Waals surface area (Å²) in [5, 5.41) is 4.82. The first-order valence-corrected chi connectivity index (χ1v) is 8.46. The van der Waals surface area contributed by atoms with E-state index >= 15 is 0 Å². The quantitative estimate of drug-likeness (QED) is 0.467. The third-order valence-corrected chi connectivity index (χ3v) is 4.27. The van der Waals surface area contributed by atoms with Crippen molar-refractivity contribution in [2.75, 3.05) is 0 Å². The molecule has 3 nitrogen and oxygen atoms in total. The van der Waals surface area contributed by atoms with E-state index in [4.69, 9.17) is 5.21 Å². The van der Waals surface area contributed by atoms with E-state index in [1.165, 1.54) is 11.1 Å². The molecule has 0 radical (unpaired) electrons. The Morgan fingerprint density at radius 2 is 1.42 bits per heavy atom. The monoisotopic (exact) mass is 405 g/mol. The van der Waals surface area contributed by atoms with Gasteiger partial charge in [0.05, 0.1) is 5.21 Å². The van der Waals surface area contributed by atoms with Gasteiger partial charge in [0.2, 0.25) is 0 Å². The first kappa shape index (κ1) is 18.1. The second-order valence-corrected chi connectivity index (χ2v) is 6.19. The summed E-state index contributed by atoms with van der Waals surface area (Å²) in [6.07, 6.45) is 2.10. The Hall–Kier alpha value is -2.72. The largest absolute Gasteiger partial charge is 1.00 e. The molecule has 0 amide bonds. The minimum absolute atomic E-state index is 0. The van der Waals surface area contributed by atoms with Crippen LogP contribution in [0.15, 0.2) is 91.1 Å². The summed E-state index contributed by atoms with van der Waals surface area (Å²) < 4.78 is 4.01. The van der Waals surface area contributed by atoms with E-state index in [-0.39, 0.29) is 17.0 Å². The standard InChI is InChI=1S/C22H20N3.BrH/c1-18-12-14-21(15-13-18)24-17-22(20-10-6-3-7-11-20)25(23-24)16-19-8-4-2-5-9-19;/h2-15,17H,16H2,1H3;1H/q+1;/p-1. The maximum atomic E-state index is 4.82. The van der Waals surface area contributed by atoms with Crippen LogP contribution in [0, 0.1) is 6.92 Å². The van der Waals surface area contributed by atoms with E-state index in [1.54, 1.807) is 0 Å². The molecular weight excluding hydrogens is 386 g/mol. The average Bonchev–Trinajstić information content (AvgIpc) is 3.08. The molecule has 0 saturated carbocycles. The Bertz CT molecular complexity index is 961. The molecule has 0 fully saturated rings. The zero-order valence-electron chi connectivity index (χ0n) is 14.6. The van der Waals surface area contributed by atoms with Gasteiger partial charge < -0.3 is 17.0 Å². The van der Waals surface area contributed by atoms with Crippen molar-refractivity contribution in [3.8, 4) is 16.9 Å². The summed E-state index contributed by atoms with van der Waals surface area (Å²) >= 11 is 0. The van der Waals surface area contributed by atoms with Gasteiger partial charge in [-0.25, -0.2) is 0 Å². The van der Waals surface area contributed by atoms with E-state index in [0.717, 1.165) is 23.5 Å². The zero-order chi connectivity index (χ0) is 17.1. The number of halogens is 1. The van der Waals surface area contributed by atoms with E-state index in [2.05, 4.69) is 90.6 Å². The molecule has 4 rings (SSSR count). The lowest BCUT2D eigenvalue weighted by atomic mass is 10.1. The van der Waals surface area contributed by atoms with Crippen molar-refractivity contribution in [2.24, 2.45) is 0 Å². The minimum Gasteiger partial charge on any atom is -1.00 e. The molecule has 0 aliphatic rings. The zero-order valence-corrected chi connectivity index (χ0v) is 16.2. The molecule has 26 heavy (non-hydrogen) atoms. The average molecular weight is 406 g/mol. The fourth-order valence-corrected chi connectivity index (χ4v) is 2.90. The van der Waals surface area contributed by atoms with Gasteiger partial charge in [-0.3, -0.25) is 0 Å². The summed E-state index contributed by atoms with van der Waals surface area (Å²) in [6.45, 7) is 2.84. The molecule has 0 aliphatic heterocycles. The van der Waals surface area contributed by atoms with Crippen LogP contribution in [-0.2, 0) is 6.54 Å². The number of rotatable bonds is 4. The molecule has 0 aliphatic carbocycles. The van der Waals surface area contributed by atoms with E-state index in [9.17, 15) is 0 Å². The van der Waals surface area contributed by atoms with E-state index in [0.29, 0.717) is 0 Å². The Morgan fingerprint density at radius 3 is 2.08 bits per heavy atom. The van der Waals surface area contributed by atoms with Crippen molar-refractivity contribution < 1.29 is 21.7 Å². The molecule has 1 heterocycles. The minimum atomic E-state index is 0. The lowest BCUT2D eigenvalue weighted by Gasteiger charge is -2.00. The molecule has 0 atom stereocenters. The molecule has 1 aromatic heterocycles. The van der Waals surface area contributed by atoms with Crippen molar-refractivity contribution >= 4 is 0 Å². The lowest BCUT2D eigenvalue weighted by Crippen LogP contribution is -3.00. The van der Waals surface area contributed by atoms with Crippen LogP contribution in [0.1, 0.15) is 11.1 Å². The van der Waals surface area contributed by atoms with E-state index < -0.39 is 0 Å². The molecule has 0 spiro atoms. The maximum Gasteiger partial charge on any atom is 0.198 e. The second-order valence-electron chi connectivity index (χ2n) is 6.19. The third kappa shape index (κ3) is 3.92. The number of nitrogens with zero attached hydrogens (tertiary/aromatic N) is 3. The summed E-state index contributed by atoms with van der Waals surface area (Å²) in [5.74, 6) is 0. The molecule has 4 aromatic rings. The van der Waals surface area contributed by atoms with Crippen LogP contribution < -0.4 is 21.7 Å². The SMILES string of the molecule is Cc1ccc(-n2cc(-c3ccccc3)[n+](Cc3ccccc3)n2)cc1.[Br-]. The lowest BCUT2D eigenvalue weighted by molar-refractivity contribution is -0.737. The van der Waals surface area contributed by atoms with Crippen LogP contribution in [0.4, 0.5) is 0 Å². The molecular formula is C22H20BrN3. The maximum absolute atomic E-state index is 4.82. The summed E-state index contributed by atoms with van der Waals surface area (Å²) in [4.78, 5) is 0. The van der Waals surface area contributed by atoms with Crippen molar-refractivity contribution in [3.05, 3.63) is 102 Å². The van der Waals surface area contributed by atoms with Crippen molar-refractivity contribution in [3.63, 3.8) is 0 Å². The third-order valence-electron chi connectivity index (χ3n) is 4.27. The normalized spacial score (nSPS) is 10.3. The van der Waals surface area contributed by atoms with Gasteiger partial charge in [-0.05, 0) is 24.6 Å². The first-order chi connectivity index (χ1) is 12.3. The van der Waals surface area contributed by atoms with Crippen LogP contribution in [0.3, 0.4) is 0 Å². The van der Waals surface area contributed by atoms with Crippen LogP contribution >= 0.6 is 0 Å². The smallest absolute Gasteiger partial charge is 0.198 e. The van der Waals surface area contributed by atoms with Crippen LogP contribution in [0.25, 0.3) is 16.9 Å². The Kier molecular flexibility index (Phi) is 5.64. The summed E-state index contributed by atoms with van der Waals surface area (Å²) in [6, 6.07) is 29.3. The Balaban J connectivity index is 0.00000196. The fourth-order valence-electron chi connectivity index (χ4n) is 2.90. The van der Waals surface area contributed by atoms with Gasteiger partial charge in [-0.1, -0.05) is 78.4 Å². The van der Waals surface area contributed by atoms with Crippen molar-refractivity contribution in [2.45, 2.75) is 13.5 Å². The van der Waals surface area contributed by atoms with Crippen LogP contribution in [-0.4, -0.2) is 9.90 Å². The highest BCUT2D eigenvalue weighted by molar-refractivity contribution is 5.55. The molecule has 3 aromatic carbocycles. The van der Waals surface area contributed by atoms with Crippen molar-refractivity contribution in [1.29, 1.82) is 0 Å². The van der Waals surface area contributed by atoms with Gasteiger partial charge in [0.25, 0.3) is 0 Å². The fraction of sp³-hybridized carbons (Fsp3) is 0.0909. The number of benzene rings is 3. The second kappa shape index (κ2) is 8.11. The van der Waals surface area contributed by atoms with E-state index in [1.807, 2.05) is 16.8 Å². The van der Waals surface area contributed by atoms with Gasteiger partial charge >= 0.3 is 0 Å². The highest BCUT2D eigenvalue weighted by atomic mass is 79.9. The summed E-state index contributed by atoms with van der Waals surface area (Å²) in [5.41, 5.74) is 5.81. The first-order valence-electron chi connectivity index (χ1n) is 8.46. The van der Waals surface area contributed by atoms with Crippen molar-refractivity contribution in [1.82, 2.24) is 9.90 Å². The van der Waals surface area contributed by atoms with Crippen LogP contribution in [0.5, 0.6) is 0 Å². The van der Waals surface area contributed by atoms with Crippen LogP contribution in [0.2, 0.25) is 0 Å². The van der Waals surface area contributed by atoms with Gasteiger partial charge in [0, 0.05) is 5.56 Å². The number of aryl methyl sites for hydroxylation is 1. The molecule has 0 N–H and O–H groups in total. The van der Waals surface area contributed by atoms with Gasteiger partial charge in [0.15, 0.2) is 17.6 Å². The highest BCUT2D eigenvalue weighted by Gasteiger charge is 2.19. The molecule has 0 bridgehead atoms. The van der Waals surface area contributed by atoms with Gasteiger partial charge in [-0.2, -0.15) is 0 Å². The number of aromatic nitrogens is 3. The summed E-state index contributed by atoms with van der Waals surface area (Å²) in [7, 11) is 0. The number of hydrogen-bond donors (Lipinski definition) is 0. The van der Waals surface area contributed by atoms with Gasteiger partial charge in [0.1, 0.15) is 6.54 Å². The molecule has 0 saturated heterocycles. The Labute approximate surface area is 164 Å². The predicted molar refractivity (Wildman–Crippen MR) is 99.5 cm³/mol. The molecule has 0 unspecified atom stereocenters. The predicted octanol–water partition coefficient (Wildman–Crippen LogP) is 1.19. The number of hydrogen-bond acceptors (Lipinski definition) is 1. The highest BCUT2D eigenvalue weighted by Crippen LogP contribution is 2.17. The molecule has 130 valence electrons. The molecule has 4 heteroatoms. The Morgan fingerprint density at radius 1 is 0.808 bits per heavy atom. The topological polar surface area (TPSA) is 21.7 Å². The van der Waals surface area contributed by atoms with Gasteiger partial charge in [-0.15, -0.1) is 9.36 Å².